The summed E-state index contributed by atoms with van der Waals surface area (Å²) in [4.78, 5) is 0. The molecule has 2 N–H and O–H groups in total. The SMILES string of the molecule is NCc1nnnn1-c1cc(C(F)(F)F)cc(C(F)(F)F)c1. The highest BCUT2D eigenvalue weighted by Crippen LogP contribution is 2.37. The Labute approximate surface area is 113 Å². The van der Waals surface area contributed by atoms with E-state index in [0.717, 1.165) is 4.68 Å². The highest BCUT2D eigenvalue weighted by atomic mass is 19.4. The normalized spacial score (nSPS) is 12.7. The lowest BCUT2D eigenvalue weighted by atomic mass is 10.1. The lowest BCUT2D eigenvalue weighted by Crippen LogP contribution is -2.14. The van der Waals surface area contributed by atoms with Crippen LogP contribution in [0.1, 0.15) is 17.0 Å². The summed E-state index contributed by atoms with van der Waals surface area (Å²) < 4.78 is 77.0. The van der Waals surface area contributed by atoms with Crippen LogP contribution >= 0.6 is 0 Å². The van der Waals surface area contributed by atoms with E-state index in [1.807, 2.05) is 0 Å². The van der Waals surface area contributed by atoms with Crippen molar-refractivity contribution in [3.05, 3.63) is 35.2 Å². The van der Waals surface area contributed by atoms with Gasteiger partial charge in [-0.25, -0.2) is 0 Å². The van der Waals surface area contributed by atoms with E-state index in [4.69, 9.17) is 5.73 Å². The Morgan fingerprint density at radius 2 is 1.48 bits per heavy atom. The maximum Gasteiger partial charge on any atom is 0.416 e. The van der Waals surface area contributed by atoms with E-state index in [9.17, 15) is 26.3 Å². The predicted octanol–water partition coefficient (Wildman–Crippen LogP) is 2.16. The first-order chi connectivity index (χ1) is 9.63. The van der Waals surface area contributed by atoms with Crippen LogP contribution in [-0.4, -0.2) is 20.2 Å². The van der Waals surface area contributed by atoms with Crippen molar-refractivity contribution in [3.63, 3.8) is 0 Å². The minimum atomic E-state index is -4.94. The molecule has 0 saturated carbocycles. The molecule has 0 aliphatic heterocycles. The summed E-state index contributed by atoms with van der Waals surface area (Å²) in [7, 11) is 0. The molecule has 0 aliphatic carbocycles. The van der Waals surface area contributed by atoms with Gasteiger partial charge in [-0.3, -0.25) is 0 Å². The largest absolute Gasteiger partial charge is 0.416 e. The smallest absolute Gasteiger partial charge is 0.324 e. The van der Waals surface area contributed by atoms with Crippen molar-refractivity contribution in [2.75, 3.05) is 0 Å². The van der Waals surface area contributed by atoms with Crippen molar-refractivity contribution in [2.45, 2.75) is 18.9 Å². The zero-order valence-electron chi connectivity index (χ0n) is 10.1. The second kappa shape index (κ2) is 4.98. The lowest BCUT2D eigenvalue weighted by Gasteiger charge is -2.14. The predicted molar refractivity (Wildman–Crippen MR) is 57.0 cm³/mol. The molecule has 1 aromatic carbocycles. The minimum Gasteiger partial charge on any atom is -0.324 e. The van der Waals surface area contributed by atoms with E-state index in [1.165, 1.54) is 0 Å². The number of aromatic nitrogens is 4. The fraction of sp³-hybridized carbons (Fsp3) is 0.300. The van der Waals surface area contributed by atoms with E-state index >= 15 is 0 Å². The third kappa shape index (κ3) is 3.12. The average molecular weight is 311 g/mol. The maximum atomic E-state index is 12.7. The van der Waals surface area contributed by atoms with Crippen molar-refractivity contribution in [1.29, 1.82) is 0 Å². The highest BCUT2D eigenvalue weighted by molar-refractivity contribution is 5.42. The van der Waals surface area contributed by atoms with Gasteiger partial charge in [0.25, 0.3) is 0 Å². The second-order valence-corrected chi connectivity index (χ2v) is 3.98. The molecule has 0 saturated heterocycles. The van der Waals surface area contributed by atoms with E-state index in [1.54, 1.807) is 0 Å². The number of nitrogens with two attached hydrogens (primary N) is 1. The van der Waals surface area contributed by atoms with Crippen LogP contribution in [0, 0.1) is 0 Å². The highest BCUT2D eigenvalue weighted by Gasteiger charge is 2.37. The Kier molecular flexibility index (Phi) is 3.61. The fourth-order valence-corrected chi connectivity index (χ4v) is 1.59. The molecule has 2 aromatic rings. The van der Waals surface area contributed by atoms with Crippen LogP contribution in [0.15, 0.2) is 18.2 Å². The molecular weight excluding hydrogens is 304 g/mol. The number of rotatable bonds is 2. The van der Waals surface area contributed by atoms with Gasteiger partial charge in [0.05, 0.1) is 23.4 Å². The minimum absolute atomic E-state index is 0.0238. The van der Waals surface area contributed by atoms with Crippen LogP contribution in [0.4, 0.5) is 26.3 Å². The first kappa shape index (κ1) is 15.2. The van der Waals surface area contributed by atoms with Gasteiger partial charge < -0.3 is 5.73 Å². The fourth-order valence-electron chi connectivity index (χ4n) is 1.59. The number of benzene rings is 1. The summed E-state index contributed by atoms with van der Waals surface area (Å²) in [6.07, 6.45) is -9.88. The topological polar surface area (TPSA) is 69.6 Å². The quantitative estimate of drug-likeness (QED) is 0.863. The molecule has 0 spiro atoms. The zero-order valence-corrected chi connectivity index (χ0v) is 10.1. The number of hydrogen-bond donors (Lipinski definition) is 1. The molecule has 0 amide bonds. The van der Waals surface area contributed by atoms with Crippen LogP contribution in [0.3, 0.4) is 0 Å². The average Bonchev–Trinajstić information content (AvgIpc) is 2.84. The molecule has 1 aromatic heterocycles. The van der Waals surface area contributed by atoms with Gasteiger partial charge >= 0.3 is 12.4 Å². The molecule has 0 atom stereocenters. The van der Waals surface area contributed by atoms with E-state index in [0.29, 0.717) is 12.1 Å². The third-order valence-corrected chi connectivity index (χ3v) is 2.53. The van der Waals surface area contributed by atoms with Gasteiger partial charge in [-0.15, -0.1) is 5.10 Å². The standard InChI is InChI=1S/C10H7F6N5/c11-9(12,13)5-1-6(10(14,15)16)3-7(2-5)21-8(4-17)18-19-20-21/h1-3H,4,17H2. The van der Waals surface area contributed by atoms with Crippen molar-refractivity contribution in [2.24, 2.45) is 5.73 Å². The Morgan fingerprint density at radius 1 is 0.952 bits per heavy atom. The van der Waals surface area contributed by atoms with Gasteiger partial charge in [-0.2, -0.15) is 31.0 Å². The van der Waals surface area contributed by atoms with Crippen LogP contribution in [-0.2, 0) is 18.9 Å². The Hall–Kier alpha value is -2.17. The first-order valence-corrected chi connectivity index (χ1v) is 5.40. The van der Waals surface area contributed by atoms with Crippen molar-refractivity contribution in [3.8, 4) is 5.69 Å². The lowest BCUT2D eigenvalue weighted by molar-refractivity contribution is -0.143. The maximum absolute atomic E-state index is 12.7. The summed E-state index contributed by atoms with van der Waals surface area (Å²) in [6.45, 7) is -0.245. The van der Waals surface area contributed by atoms with Crippen LogP contribution in [0.5, 0.6) is 0 Å². The molecule has 0 aliphatic rings. The Bertz CT molecular complexity index is 612. The number of halogens is 6. The van der Waals surface area contributed by atoms with Gasteiger partial charge in [0.1, 0.15) is 0 Å². The number of hydrogen-bond acceptors (Lipinski definition) is 4. The summed E-state index contributed by atoms with van der Waals surface area (Å²) >= 11 is 0. The molecule has 0 unspecified atom stereocenters. The third-order valence-electron chi connectivity index (χ3n) is 2.53. The van der Waals surface area contributed by atoms with Gasteiger partial charge in [0.2, 0.25) is 0 Å². The first-order valence-electron chi connectivity index (χ1n) is 5.40. The molecular formula is C10H7F6N5. The molecule has 21 heavy (non-hydrogen) atoms. The van der Waals surface area contributed by atoms with Gasteiger partial charge in [0.15, 0.2) is 5.82 Å². The molecule has 11 heteroatoms. The van der Waals surface area contributed by atoms with Crippen molar-refractivity contribution in [1.82, 2.24) is 20.2 Å². The number of tetrazole rings is 1. The molecule has 0 fully saturated rings. The van der Waals surface area contributed by atoms with Gasteiger partial charge in [-0.05, 0) is 28.6 Å². The second-order valence-electron chi connectivity index (χ2n) is 3.98. The van der Waals surface area contributed by atoms with Crippen LogP contribution in [0.25, 0.3) is 5.69 Å². The molecule has 114 valence electrons. The molecule has 1 heterocycles. The van der Waals surface area contributed by atoms with E-state index in [-0.39, 0.29) is 18.4 Å². The Balaban J connectivity index is 2.66. The zero-order chi connectivity index (χ0) is 15.8. The number of nitrogens with zero attached hydrogens (tertiary/aromatic N) is 4. The van der Waals surface area contributed by atoms with Gasteiger partial charge in [-0.1, -0.05) is 0 Å². The summed E-state index contributed by atoms with van der Waals surface area (Å²) in [5, 5.41) is 9.93. The van der Waals surface area contributed by atoms with Crippen molar-refractivity contribution < 1.29 is 26.3 Å². The Morgan fingerprint density at radius 3 is 1.90 bits per heavy atom. The van der Waals surface area contributed by atoms with E-state index in [2.05, 4.69) is 15.5 Å². The van der Waals surface area contributed by atoms with Crippen LogP contribution in [0.2, 0.25) is 0 Å². The molecule has 0 radical (unpaired) electrons. The summed E-state index contributed by atoms with van der Waals surface area (Å²) in [5.41, 5.74) is 1.90. The van der Waals surface area contributed by atoms with E-state index < -0.39 is 29.2 Å². The summed E-state index contributed by atoms with van der Waals surface area (Å²) in [5.74, 6) is -0.0672. The number of alkyl halides is 6. The van der Waals surface area contributed by atoms with Gasteiger partial charge in [0, 0.05) is 0 Å². The monoisotopic (exact) mass is 311 g/mol. The molecule has 5 nitrogen and oxygen atoms in total. The molecule has 2 rings (SSSR count). The van der Waals surface area contributed by atoms with Crippen molar-refractivity contribution >= 4 is 0 Å². The van der Waals surface area contributed by atoms with Crippen LogP contribution < -0.4 is 5.73 Å². The molecule has 0 bridgehead atoms. The summed E-state index contributed by atoms with van der Waals surface area (Å²) in [6, 6.07) is 1.06.